The van der Waals surface area contributed by atoms with Gasteiger partial charge in [-0.1, -0.05) is 116 Å². The zero-order valence-corrected chi connectivity index (χ0v) is 21.0. The highest BCUT2D eigenvalue weighted by atomic mass is 16.4. The van der Waals surface area contributed by atoms with Crippen LogP contribution >= 0.6 is 0 Å². The van der Waals surface area contributed by atoms with Crippen LogP contribution in [0.4, 0.5) is 0 Å². The van der Waals surface area contributed by atoms with E-state index in [2.05, 4.69) is 11.9 Å². The molecule has 5 nitrogen and oxygen atoms in total. The van der Waals surface area contributed by atoms with Crippen molar-refractivity contribution >= 4 is 11.8 Å². The number of nitrogens with zero attached hydrogens (tertiary/aromatic N) is 2. The summed E-state index contributed by atoms with van der Waals surface area (Å²) in [6.45, 7) is 3.41. The fraction of sp³-hybridized carbons (Fsp3) is 0.852. The molecule has 0 amide bonds. The number of unbranched alkanes of at least 4 members (excludes halogenated alkanes) is 17. The van der Waals surface area contributed by atoms with Gasteiger partial charge in [0.15, 0.2) is 6.54 Å². The maximum Gasteiger partial charge on any atom is 0.360 e. The average molecular weight is 451 g/mol. The van der Waals surface area contributed by atoms with Crippen molar-refractivity contribution in [3.8, 4) is 0 Å². The third kappa shape index (κ3) is 13.4. The predicted octanol–water partition coefficient (Wildman–Crippen LogP) is 7.16. The molecule has 32 heavy (non-hydrogen) atoms. The predicted molar refractivity (Wildman–Crippen MR) is 137 cm³/mol. The first-order valence-corrected chi connectivity index (χ1v) is 13.7. The van der Waals surface area contributed by atoms with Crippen LogP contribution in [-0.4, -0.2) is 41.0 Å². The van der Waals surface area contributed by atoms with Gasteiger partial charge in [-0.15, -0.1) is 0 Å². The van der Waals surface area contributed by atoms with Crippen LogP contribution < -0.4 is 5.73 Å². The van der Waals surface area contributed by atoms with E-state index in [4.69, 9.17) is 5.73 Å². The molecular formula is C27H52N3O2+. The number of quaternary nitrogens is 1. The number of carbonyl (C=O) groups is 1. The first-order valence-electron chi connectivity index (χ1n) is 13.7. The summed E-state index contributed by atoms with van der Waals surface area (Å²) < 4.78 is 0.310. The van der Waals surface area contributed by atoms with Gasteiger partial charge in [0.1, 0.15) is 12.7 Å². The van der Waals surface area contributed by atoms with Crippen LogP contribution in [0.15, 0.2) is 17.4 Å². The summed E-state index contributed by atoms with van der Waals surface area (Å²) in [7, 11) is 0. The molecule has 0 spiro atoms. The molecule has 5 heteroatoms. The van der Waals surface area contributed by atoms with Crippen molar-refractivity contribution in [3.63, 3.8) is 0 Å². The van der Waals surface area contributed by atoms with Gasteiger partial charge in [0, 0.05) is 13.0 Å². The lowest BCUT2D eigenvalue weighted by Gasteiger charge is -2.30. The van der Waals surface area contributed by atoms with Crippen molar-refractivity contribution in [3.05, 3.63) is 12.4 Å². The summed E-state index contributed by atoms with van der Waals surface area (Å²) in [5.41, 5.74) is 5.73. The van der Waals surface area contributed by atoms with E-state index in [1.807, 2.05) is 6.20 Å². The molecule has 1 unspecified atom stereocenters. The number of rotatable bonds is 23. The van der Waals surface area contributed by atoms with Gasteiger partial charge < -0.3 is 10.8 Å². The van der Waals surface area contributed by atoms with E-state index in [1.165, 1.54) is 109 Å². The fourth-order valence-electron chi connectivity index (χ4n) is 4.82. The Bertz CT molecular complexity index is 533. The Morgan fingerprint density at radius 3 is 1.66 bits per heavy atom. The van der Waals surface area contributed by atoms with Gasteiger partial charge in [-0.3, -0.25) is 0 Å². The first kappa shape index (κ1) is 28.8. The molecule has 0 bridgehead atoms. The Labute approximate surface area is 198 Å². The number of nitrogens with two attached hydrogens (primary N) is 1. The van der Waals surface area contributed by atoms with Crippen LogP contribution in [0.5, 0.6) is 0 Å². The number of hydrogen-bond acceptors (Lipinski definition) is 3. The molecule has 0 radical (unpaired) electrons. The maximum atomic E-state index is 11.3. The zero-order chi connectivity index (χ0) is 23.3. The summed E-state index contributed by atoms with van der Waals surface area (Å²) in [6.07, 6.45) is 29.2. The molecule has 1 rings (SSSR count). The molecule has 0 fully saturated rings. The third-order valence-electron chi connectivity index (χ3n) is 6.79. The maximum absolute atomic E-state index is 11.3. The highest BCUT2D eigenvalue weighted by molar-refractivity contribution is 5.81. The molecule has 0 aromatic carbocycles. The fourth-order valence-corrected chi connectivity index (χ4v) is 4.82. The number of aliphatic carboxylic acids is 1. The summed E-state index contributed by atoms with van der Waals surface area (Å²) >= 11 is 0. The Morgan fingerprint density at radius 1 is 0.812 bits per heavy atom. The number of carboxylic acids is 1. The minimum absolute atomic E-state index is 0.0472. The Kier molecular flexibility index (Phi) is 17.4. The highest BCUT2D eigenvalue weighted by Gasteiger charge is 2.36. The number of hydrogen-bond donors (Lipinski definition) is 2. The van der Waals surface area contributed by atoms with Gasteiger partial charge >= 0.3 is 5.97 Å². The van der Waals surface area contributed by atoms with E-state index in [0.29, 0.717) is 17.6 Å². The quantitative estimate of drug-likeness (QED) is 0.128. The number of carboxylic acid groups (broad SMARTS) is 1. The molecule has 186 valence electrons. The molecule has 0 saturated carbocycles. The molecule has 0 saturated heterocycles. The third-order valence-corrected chi connectivity index (χ3v) is 6.79. The summed E-state index contributed by atoms with van der Waals surface area (Å²) in [5.74, 6) is 0.171. The van der Waals surface area contributed by atoms with Gasteiger partial charge in [-0.25, -0.2) is 14.3 Å². The smallest absolute Gasteiger partial charge is 0.360 e. The van der Waals surface area contributed by atoms with E-state index in [9.17, 15) is 9.90 Å². The summed E-state index contributed by atoms with van der Waals surface area (Å²) in [6, 6.07) is 0. The Balaban J connectivity index is 1.91. The van der Waals surface area contributed by atoms with Crippen LogP contribution in [0.3, 0.4) is 0 Å². The first-order chi connectivity index (χ1) is 15.6. The van der Waals surface area contributed by atoms with E-state index in [-0.39, 0.29) is 6.54 Å². The molecule has 0 aromatic heterocycles. The molecule has 1 aliphatic heterocycles. The molecule has 1 atom stereocenters. The van der Waals surface area contributed by atoms with Crippen LogP contribution in [0.1, 0.15) is 129 Å². The van der Waals surface area contributed by atoms with E-state index >= 15 is 0 Å². The molecule has 0 aliphatic carbocycles. The second-order valence-corrected chi connectivity index (χ2v) is 9.70. The number of aliphatic imine (C=N–C) groups is 1. The van der Waals surface area contributed by atoms with Gasteiger partial charge in [0.05, 0.1) is 6.20 Å². The summed E-state index contributed by atoms with van der Waals surface area (Å²) in [4.78, 5) is 15.7. The highest BCUT2D eigenvalue weighted by Crippen LogP contribution is 2.21. The molecule has 0 aromatic rings. The largest absolute Gasteiger partial charge is 0.477 e. The van der Waals surface area contributed by atoms with Crippen LogP contribution in [0.25, 0.3) is 0 Å². The standard InChI is InChI=1S/C27H51N3O2/c1-2-3-4-5-6-7-8-9-10-11-12-13-14-15-16-17-18-19-20-26-29-22-24-30(26,23-21-28)25-27(31)32/h22,24H,2-21,23,25,28H2,1H3/p+1. The minimum Gasteiger partial charge on any atom is -0.477 e. The van der Waals surface area contributed by atoms with Crippen molar-refractivity contribution < 1.29 is 14.4 Å². The second kappa shape index (κ2) is 19.3. The van der Waals surface area contributed by atoms with Gasteiger partial charge in [-0.2, -0.15) is 0 Å². The van der Waals surface area contributed by atoms with Crippen molar-refractivity contribution in [2.45, 2.75) is 129 Å². The lowest BCUT2D eigenvalue weighted by Crippen LogP contribution is -2.52. The van der Waals surface area contributed by atoms with Crippen molar-refractivity contribution in [2.24, 2.45) is 10.7 Å². The second-order valence-electron chi connectivity index (χ2n) is 9.70. The topological polar surface area (TPSA) is 75.7 Å². The number of amidine groups is 1. The van der Waals surface area contributed by atoms with Gasteiger partial charge in [-0.05, 0) is 6.42 Å². The molecule has 3 N–H and O–H groups in total. The molecule has 1 heterocycles. The van der Waals surface area contributed by atoms with Gasteiger partial charge in [0.2, 0.25) is 5.84 Å². The van der Waals surface area contributed by atoms with Crippen LogP contribution in [0.2, 0.25) is 0 Å². The summed E-state index contributed by atoms with van der Waals surface area (Å²) in [5, 5.41) is 9.27. The lowest BCUT2D eigenvalue weighted by atomic mass is 10.0. The Morgan fingerprint density at radius 2 is 1.25 bits per heavy atom. The minimum atomic E-state index is -0.796. The molecule has 1 aliphatic rings. The van der Waals surface area contributed by atoms with Crippen molar-refractivity contribution in [1.82, 2.24) is 0 Å². The molecular weight excluding hydrogens is 398 g/mol. The van der Waals surface area contributed by atoms with Gasteiger partial charge in [0.25, 0.3) is 0 Å². The van der Waals surface area contributed by atoms with Crippen molar-refractivity contribution in [1.29, 1.82) is 0 Å². The lowest BCUT2D eigenvalue weighted by molar-refractivity contribution is -0.778. The van der Waals surface area contributed by atoms with E-state index < -0.39 is 5.97 Å². The van der Waals surface area contributed by atoms with Crippen molar-refractivity contribution in [2.75, 3.05) is 19.6 Å². The zero-order valence-electron chi connectivity index (χ0n) is 21.0. The van der Waals surface area contributed by atoms with E-state index in [0.717, 1.165) is 18.7 Å². The Hall–Kier alpha value is -1.20. The SMILES string of the molecule is CCCCCCCCCCCCCCCCCCCCC1=NC=C[N+]1(CCN)CC(=O)O. The normalized spacial score (nSPS) is 17.8. The van der Waals surface area contributed by atoms with Crippen LogP contribution in [0, 0.1) is 0 Å². The van der Waals surface area contributed by atoms with Crippen LogP contribution in [-0.2, 0) is 4.79 Å². The average Bonchev–Trinajstić information content (AvgIpc) is 3.14. The van der Waals surface area contributed by atoms with E-state index in [1.54, 1.807) is 6.20 Å². The monoisotopic (exact) mass is 450 g/mol.